The Morgan fingerprint density at radius 3 is 2.65 bits per heavy atom. The molecule has 0 radical (unpaired) electrons. The lowest BCUT2D eigenvalue weighted by Gasteiger charge is -2.48. The second-order valence-electron chi connectivity index (χ2n) is 6.17. The molecular formula is C14H27NO2. The van der Waals surface area contributed by atoms with Gasteiger partial charge in [0.2, 0.25) is 0 Å². The molecule has 3 nitrogen and oxygen atoms in total. The van der Waals surface area contributed by atoms with Gasteiger partial charge in [-0.25, -0.2) is 0 Å². The standard InChI is InChI=1S/C14H27NO2/c1-3-12-4-5-13(9-12,10-15)14(16)6-7-17-11(2)8-14/h11-12,16H,3-10,15H2,1-2H3. The minimum absolute atomic E-state index is 0.0499. The zero-order valence-electron chi connectivity index (χ0n) is 11.2. The Hall–Kier alpha value is -0.120. The summed E-state index contributed by atoms with van der Waals surface area (Å²) in [6, 6.07) is 0. The van der Waals surface area contributed by atoms with Crippen LogP contribution in [-0.4, -0.2) is 30.0 Å². The molecule has 0 spiro atoms. The van der Waals surface area contributed by atoms with E-state index in [1.165, 1.54) is 12.8 Å². The van der Waals surface area contributed by atoms with Crippen molar-refractivity contribution < 1.29 is 9.84 Å². The summed E-state index contributed by atoms with van der Waals surface area (Å²) in [7, 11) is 0. The fourth-order valence-electron chi connectivity index (χ4n) is 3.93. The molecule has 2 rings (SSSR count). The maximum absolute atomic E-state index is 11.0. The SMILES string of the molecule is CCC1CCC(CN)(C2(O)CCOC(C)C2)C1. The summed E-state index contributed by atoms with van der Waals surface area (Å²) in [5, 5.41) is 11.0. The summed E-state index contributed by atoms with van der Waals surface area (Å²) in [6.45, 7) is 5.59. The lowest BCUT2D eigenvalue weighted by Crippen LogP contribution is -2.55. The van der Waals surface area contributed by atoms with Crippen LogP contribution in [0.1, 0.15) is 52.4 Å². The molecule has 2 aliphatic rings. The number of ether oxygens (including phenoxy) is 1. The molecule has 100 valence electrons. The monoisotopic (exact) mass is 241 g/mol. The number of rotatable bonds is 3. The maximum Gasteiger partial charge on any atom is 0.0762 e. The Bertz CT molecular complexity index is 271. The first-order valence-electron chi connectivity index (χ1n) is 7.09. The van der Waals surface area contributed by atoms with Gasteiger partial charge in [0.25, 0.3) is 0 Å². The van der Waals surface area contributed by atoms with Crippen molar-refractivity contribution in [2.45, 2.75) is 64.1 Å². The van der Waals surface area contributed by atoms with E-state index in [0.29, 0.717) is 13.2 Å². The van der Waals surface area contributed by atoms with Crippen LogP contribution >= 0.6 is 0 Å². The van der Waals surface area contributed by atoms with E-state index < -0.39 is 5.60 Å². The predicted molar refractivity (Wildman–Crippen MR) is 68.7 cm³/mol. The average molecular weight is 241 g/mol. The Morgan fingerprint density at radius 1 is 1.35 bits per heavy atom. The van der Waals surface area contributed by atoms with Crippen LogP contribution in [0.25, 0.3) is 0 Å². The van der Waals surface area contributed by atoms with Gasteiger partial charge in [-0.2, -0.15) is 0 Å². The van der Waals surface area contributed by atoms with Gasteiger partial charge in [0.15, 0.2) is 0 Å². The van der Waals surface area contributed by atoms with E-state index in [4.69, 9.17) is 10.5 Å². The van der Waals surface area contributed by atoms with E-state index in [2.05, 4.69) is 13.8 Å². The first-order valence-corrected chi connectivity index (χ1v) is 7.09. The number of aliphatic hydroxyl groups is 1. The number of hydrogen-bond donors (Lipinski definition) is 2. The van der Waals surface area contributed by atoms with Gasteiger partial charge in [0.1, 0.15) is 0 Å². The largest absolute Gasteiger partial charge is 0.389 e. The van der Waals surface area contributed by atoms with Gasteiger partial charge in [0, 0.05) is 31.4 Å². The van der Waals surface area contributed by atoms with Crippen molar-refractivity contribution in [2.24, 2.45) is 17.1 Å². The third-order valence-corrected chi connectivity index (χ3v) is 5.21. The first kappa shape index (κ1) is 13.3. The zero-order chi connectivity index (χ0) is 12.5. The van der Waals surface area contributed by atoms with Crippen LogP contribution in [0.3, 0.4) is 0 Å². The van der Waals surface area contributed by atoms with Crippen molar-refractivity contribution in [3.63, 3.8) is 0 Å². The Balaban J connectivity index is 2.16. The van der Waals surface area contributed by atoms with Crippen LogP contribution in [0.4, 0.5) is 0 Å². The van der Waals surface area contributed by atoms with Crippen LogP contribution in [0.5, 0.6) is 0 Å². The molecule has 0 amide bonds. The van der Waals surface area contributed by atoms with Crippen LogP contribution in [0.2, 0.25) is 0 Å². The summed E-state index contributed by atoms with van der Waals surface area (Å²) in [6.07, 6.45) is 6.30. The minimum Gasteiger partial charge on any atom is -0.389 e. The smallest absolute Gasteiger partial charge is 0.0762 e. The van der Waals surface area contributed by atoms with Gasteiger partial charge in [0.05, 0.1) is 11.7 Å². The summed E-state index contributed by atoms with van der Waals surface area (Å²) in [4.78, 5) is 0. The molecule has 1 aliphatic heterocycles. The van der Waals surface area contributed by atoms with Gasteiger partial charge in [-0.3, -0.25) is 0 Å². The minimum atomic E-state index is -0.594. The Labute approximate surface area is 105 Å². The lowest BCUT2D eigenvalue weighted by atomic mass is 9.65. The molecule has 4 atom stereocenters. The summed E-state index contributed by atoms with van der Waals surface area (Å²) in [5.41, 5.74) is 5.40. The Morgan fingerprint density at radius 2 is 2.12 bits per heavy atom. The van der Waals surface area contributed by atoms with Crippen molar-refractivity contribution in [1.29, 1.82) is 0 Å². The first-order chi connectivity index (χ1) is 8.05. The lowest BCUT2D eigenvalue weighted by molar-refractivity contribution is -0.161. The molecule has 1 aliphatic carbocycles. The highest BCUT2D eigenvalue weighted by Gasteiger charge is 2.54. The molecule has 0 aromatic heterocycles. The molecule has 1 saturated heterocycles. The molecule has 1 heterocycles. The van der Waals surface area contributed by atoms with E-state index in [0.717, 1.165) is 31.6 Å². The van der Waals surface area contributed by atoms with Crippen molar-refractivity contribution >= 4 is 0 Å². The molecule has 2 fully saturated rings. The van der Waals surface area contributed by atoms with Crippen LogP contribution < -0.4 is 5.73 Å². The molecule has 3 N–H and O–H groups in total. The van der Waals surface area contributed by atoms with Crippen LogP contribution in [0, 0.1) is 11.3 Å². The average Bonchev–Trinajstić information content (AvgIpc) is 2.74. The molecular weight excluding hydrogens is 214 g/mol. The van der Waals surface area contributed by atoms with Crippen LogP contribution in [-0.2, 0) is 4.74 Å². The van der Waals surface area contributed by atoms with Gasteiger partial charge in [-0.05, 0) is 32.1 Å². The Kier molecular flexibility index (Phi) is 3.81. The normalized spacial score (nSPS) is 47.3. The second-order valence-corrected chi connectivity index (χ2v) is 6.17. The summed E-state index contributed by atoms with van der Waals surface area (Å²) >= 11 is 0. The molecule has 1 saturated carbocycles. The van der Waals surface area contributed by atoms with Crippen molar-refractivity contribution in [1.82, 2.24) is 0 Å². The quantitative estimate of drug-likeness (QED) is 0.795. The van der Waals surface area contributed by atoms with E-state index in [9.17, 15) is 5.11 Å². The third kappa shape index (κ3) is 2.25. The summed E-state index contributed by atoms with van der Waals surface area (Å²) in [5.74, 6) is 0.751. The van der Waals surface area contributed by atoms with Crippen molar-refractivity contribution in [2.75, 3.05) is 13.2 Å². The molecule has 0 aromatic carbocycles. The van der Waals surface area contributed by atoms with Gasteiger partial charge >= 0.3 is 0 Å². The van der Waals surface area contributed by atoms with Crippen molar-refractivity contribution in [3.05, 3.63) is 0 Å². The molecule has 0 aromatic rings. The topological polar surface area (TPSA) is 55.5 Å². The zero-order valence-corrected chi connectivity index (χ0v) is 11.2. The maximum atomic E-state index is 11.0. The van der Waals surface area contributed by atoms with E-state index in [1.54, 1.807) is 0 Å². The van der Waals surface area contributed by atoms with E-state index >= 15 is 0 Å². The molecule has 17 heavy (non-hydrogen) atoms. The van der Waals surface area contributed by atoms with Crippen molar-refractivity contribution in [3.8, 4) is 0 Å². The summed E-state index contributed by atoms with van der Waals surface area (Å²) < 4.78 is 5.57. The number of nitrogens with two attached hydrogens (primary N) is 1. The number of hydrogen-bond acceptors (Lipinski definition) is 3. The van der Waals surface area contributed by atoms with E-state index in [1.807, 2.05) is 0 Å². The van der Waals surface area contributed by atoms with Crippen LogP contribution in [0.15, 0.2) is 0 Å². The predicted octanol–water partition coefficient (Wildman–Crippen LogP) is 2.07. The fraction of sp³-hybridized carbons (Fsp3) is 1.00. The van der Waals surface area contributed by atoms with Gasteiger partial charge < -0.3 is 15.6 Å². The second kappa shape index (κ2) is 4.87. The molecule has 0 bridgehead atoms. The third-order valence-electron chi connectivity index (χ3n) is 5.21. The van der Waals surface area contributed by atoms with Gasteiger partial charge in [-0.1, -0.05) is 13.3 Å². The highest BCUT2D eigenvalue weighted by molar-refractivity contribution is 5.05. The fourth-order valence-corrected chi connectivity index (χ4v) is 3.93. The molecule has 3 heteroatoms. The van der Waals surface area contributed by atoms with Gasteiger partial charge in [-0.15, -0.1) is 0 Å². The van der Waals surface area contributed by atoms with E-state index in [-0.39, 0.29) is 11.5 Å². The highest BCUT2D eigenvalue weighted by atomic mass is 16.5. The highest BCUT2D eigenvalue weighted by Crippen LogP contribution is 2.53. The molecule has 4 unspecified atom stereocenters.